The number of rotatable bonds is 4. The van der Waals surface area contributed by atoms with E-state index >= 15 is 0 Å². The van der Waals surface area contributed by atoms with Crippen LogP contribution >= 0.6 is 11.6 Å². The van der Waals surface area contributed by atoms with Crippen molar-refractivity contribution in [2.45, 2.75) is 12.6 Å². The molecule has 114 valence electrons. The summed E-state index contributed by atoms with van der Waals surface area (Å²) in [5, 5.41) is 11.4. The van der Waals surface area contributed by atoms with Crippen LogP contribution in [0.25, 0.3) is 0 Å². The molecule has 1 aliphatic heterocycles. The van der Waals surface area contributed by atoms with Gasteiger partial charge in [0, 0.05) is 25.7 Å². The maximum absolute atomic E-state index is 11.5. The number of carbonyl (C=O) groups excluding carboxylic acids is 1. The molecule has 1 unspecified atom stereocenters. The first-order chi connectivity index (χ1) is 10.0. The van der Waals surface area contributed by atoms with Crippen LogP contribution in [-0.2, 0) is 20.8 Å². The maximum Gasteiger partial charge on any atom is 0.336 e. The highest BCUT2D eigenvalue weighted by Crippen LogP contribution is 2.28. The minimum atomic E-state index is -0.676. The summed E-state index contributed by atoms with van der Waals surface area (Å²) in [4.78, 5) is 24.0. The SMILES string of the molecule is COC(=O)C1CN(Cc2c(Cl)cccc2[N+](=O)[O-])CCO1. The van der Waals surface area contributed by atoms with E-state index < -0.39 is 17.0 Å². The van der Waals surface area contributed by atoms with Crippen LogP contribution in [0.3, 0.4) is 0 Å². The molecule has 0 N–H and O–H groups in total. The normalized spacial score (nSPS) is 19.2. The first-order valence-corrected chi connectivity index (χ1v) is 6.74. The van der Waals surface area contributed by atoms with Crippen LogP contribution in [0.15, 0.2) is 18.2 Å². The van der Waals surface area contributed by atoms with Gasteiger partial charge in [-0.05, 0) is 6.07 Å². The largest absolute Gasteiger partial charge is 0.467 e. The molecule has 0 amide bonds. The molecule has 1 atom stereocenters. The number of nitro benzene ring substituents is 1. The zero-order valence-electron chi connectivity index (χ0n) is 11.5. The van der Waals surface area contributed by atoms with Crippen LogP contribution < -0.4 is 0 Å². The molecule has 7 nitrogen and oxygen atoms in total. The number of hydrogen-bond acceptors (Lipinski definition) is 6. The van der Waals surface area contributed by atoms with E-state index in [2.05, 4.69) is 4.74 Å². The van der Waals surface area contributed by atoms with Crippen molar-refractivity contribution in [3.8, 4) is 0 Å². The number of esters is 1. The lowest BCUT2D eigenvalue weighted by atomic mass is 10.1. The first kappa shape index (κ1) is 15.7. The summed E-state index contributed by atoms with van der Waals surface area (Å²) in [6.45, 7) is 1.52. The lowest BCUT2D eigenvalue weighted by Crippen LogP contribution is -2.46. The molecule has 0 radical (unpaired) electrons. The number of ether oxygens (including phenoxy) is 2. The Hall–Kier alpha value is -1.70. The third-order valence-electron chi connectivity index (χ3n) is 3.29. The van der Waals surface area contributed by atoms with Gasteiger partial charge in [-0.1, -0.05) is 17.7 Å². The van der Waals surface area contributed by atoms with Gasteiger partial charge in [-0.25, -0.2) is 4.79 Å². The van der Waals surface area contributed by atoms with Gasteiger partial charge < -0.3 is 9.47 Å². The van der Waals surface area contributed by atoms with Gasteiger partial charge in [-0.2, -0.15) is 0 Å². The van der Waals surface area contributed by atoms with E-state index in [-0.39, 0.29) is 12.2 Å². The van der Waals surface area contributed by atoms with Crippen LogP contribution in [0, 0.1) is 10.1 Å². The topological polar surface area (TPSA) is 81.9 Å². The molecular weight excluding hydrogens is 300 g/mol. The minimum absolute atomic E-state index is 0.0244. The lowest BCUT2D eigenvalue weighted by Gasteiger charge is -2.31. The molecular formula is C13H15ClN2O5. The third-order valence-corrected chi connectivity index (χ3v) is 3.64. The van der Waals surface area contributed by atoms with Gasteiger partial charge in [0.1, 0.15) is 0 Å². The summed E-state index contributed by atoms with van der Waals surface area (Å²) in [7, 11) is 1.30. The molecule has 1 aliphatic rings. The fourth-order valence-electron chi connectivity index (χ4n) is 2.22. The molecule has 0 bridgehead atoms. The summed E-state index contributed by atoms with van der Waals surface area (Å²) in [5.74, 6) is -0.451. The van der Waals surface area contributed by atoms with E-state index in [4.69, 9.17) is 16.3 Å². The van der Waals surface area contributed by atoms with E-state index in [1.807, 2.05) is 4.90 Å². The molecule has 0 aromatic heterocycles. The summed E-state index contributed by atoms with van der Waals surface area (Å²) in [6, 6.07) is 4.57. The van der Waals surface area contributed by atoms with Crippen molar-refractivity contribution in [2.24, 2.45) is 0 Å². The quantitative estimate of drug-likeness (QED) is 0.477. The average molecular weight is 315 g/mol. The summed E-state index contributed by atoms with van der Waals surface area (Å²) < 4.78 is 9.97. The number of nitro groups is 1. The molecule has 2 rings (SSSR count). The molecule has 0 aliphatic carbocycles. The molecule has 1 aromatic rings. The first-order valence-electron chi connectivity index (χ1n) is 6.36. The molecule has 21 heavy (non-hydrogen) atoms. The second-order valence-corrected chi connectivity index (χ2v) is 5.02. The lowest BCUT2D eigenvalue weighted by molar-refractivity contribution is -0.385. The van der Waals surface area contributed by atoms with Crippen LogP contribution in [-0.4, -0.2) is 48.7 Å². The van der Waals surface area contributed by atoms with Gasteiger partial charge in [0.25, 0.3) is 5.69 Å². The number of nitrogens with zero attached hydrogens (tertiary/aromatic N) is 2. The van der Waals surface area contributed by atoms with Crippen LogP contribution in [0.1, 0.15) is 5.56 Å². The second kappa shape index (κ2) is 6.84. The summed E-state index contributed by atoms with van der Waals surface area (Å²) in [6.07, 6.45) is -0.676. The second-order valence-electron chi connectivity index (χ2n) is 4.61. The number of carbonyl (C=O) groups is 1. The minimum Gasteiger partial charge on any atom is -0.467 e. The van der Waals surface area contributed by atoms with Crippen LogP contribution in [0.5, 0.6) is 0 Å². The highest BCUT2D eigenvalue weighted by Gasteiger charge is 2.29. The van der Waals surface area contributed by atoms with E-state index in [1.54, 1.807) is 12.1 Å². The van der Waals surface area contributed by atoms with Crippen molar-refractivity contribution < 1.29 is 19.2 Å². The predicted molar refractivity (Wildman–Crippen MR) is 75.1 cm³/mol. The Kier molecular flexibility index (Phi) is 5.11. The third kappa shape index (κ3) is 3.69. The molecule has 0 spiro atoms. The molecule has 0 saturated carbocycles. The van der Waals surface area contributed by atoms with Gasteiger partial charge in [-0.15, -0.1) is 0 Å². The van der Waals surface area contributed by atoms with Gasteiger partial charge in [0.15, 0.2) is 6.10 Å². The van der Waals surface area contributed by atoms with Crippen molar-refractivity contribution in [1.82, 2.24) is 4.90 Å². The highest BCUT2D eigenvalue weighted by atomic mass is 35.5. The number of benzene rings is 1. The Balaban J connectivity index is 2.15. The average Bonchev–Trinajstić information content (AvgIpc) is 2.48. The van der Waals surface area contributed by atoms with Crippen molar-refractivity contribution in [3.05, 3.63) is 38.9 Å². The number of hydrogen-bond donors (Lipinski definition) is 0. The van der Waals surface area contributed by atoms with Crippen LogP contribution in [0.4, 0.5) is 5.69 Å². The Morgan fingerprint density at radius 1 is 1.62 bits per heavy atom. The maximum atomic E-state index is 11.5. The smallest absolute Gasteiger partial charge is 0.336 e. The Labute approximate surface area is 126 Å². The van der Waals surface area contributed by atoms with E-state index in [0.29, 0.717) is 30.3 Å². The summed E-state index contributed by atoms with van der Waals surface area (Å²) in [5.41, 5.74) is 0.415. The van der Waals surface area contributed by atoms with Gasteiger partial charge >= 0.3 is 5.97 Å². The molecule has 1 saturated heterocycles. The van der Waals surface area contributed by atoms with Crippen molar-refractivity contribution in [2.75, 3.05) is 26.8 Å². The Morgan fingerprint density at radius 3 is 3.05 bits per heavy atom. The molecule has 1 aromatic carbocycles. The van der Waals surface area contributed by atoms with E-state index in [9.17, 15) is 14.9 Å². The Bertz CT molecular complexity index is 551. The van der Waals surface area contributed by atoms with Gasteiger partial charge in [-0.3, -0.25) is 15.0 Å². The Morgan fingerprint density at radius 2 is 2.38 bits per heavy atom. The number of methoxy groups -OCH3 is 1. The number of halogens is 1. The van der Waals surface area contributed by atoms with Crippen molar-refractivity contribution in [1.29, 1.82) is 0 Å². The fourth-order valence-corrected chi connectivity index (χ4v) is 2.45. The van der Waals surface area contributed by atoms with Crippen molar-refractivity contribution in [3.63, 3.8) is 0 Å². The fraction of sp³-hybridized carbons (Fsp3) is 0.462. The zero-order valence-corrected chi connectivity index (χ0v) is 12.2. The molecule has 8 heteroatoms. The summed E-state index contributed by atoms with van der Waals surface area (Å²) >= 11 is 6.06. The van der Waals surface area contributed by atoms with Gasteiger partial charge in [0.2, 0.25) is 0 Å². The standard InChI is InChI=1S/C13H15ClN2O5/c1-20-13(17)12-8-15(5-6-21-12)7-9-10(14)3-2-4-11(9)16(18)19/h2-4,12H,5-8H2,1H3. The number of morpholine rings is 1. The monoisotopic (exact) mass is 314 g/mol. The van der Waals surface area contributed by atoms with Gasteiger partial charge in [0.05, 0.1) is 29.2 Å². The van der Waals surface area contributed by atoms with E-state index in [1.165, 1.54) is 13.2 Å². The van der Waals surface area contributed by atoms with Crippen LogP contribution in [0.2, 0.25) is 5.02 Å². The van der Waals surface area contributed by atoms with Crippen molar-refractivity contribution >= 4 is 23.3 Å². The molecule has 1 fully saturated rings. The highest BCUT2D eigenvalue weighted by molar-refractivity contribution is 6.31. The zero-order chi connectivity index (χ0) is 15.4. The predicted octanol–water partition coefficient (Wildman–Crippen LogP) is 1.62. The molecule has 1 heterocycles. The van der Waals surface area contributed by atoms with E-state index in [0.717, 1.165) is 0 Å².